The number of oxazole rings is 1. The number of aromatic nitrogens is 3. The molecule has 1 unspecified atom stereocenters. The molecule has 1 fully saturated rings. The fraction of sp³-hybridized carbons (Fsp3) is 0.280. The quantitative estimate of drug-likeness (QED) is 0.428. The monoisotopic (exact) mass is 444 g/mol. The van der Waals surface area contributed by atoms with E-state index in [1.807, 2.05) is 48.4 Å². The van der Waals surface area contributed by atoms with E-state index in [0.717, 1.165) is 48.0 Å². The van der Waals surface area contributed by atoms with Gasteiger partial charge in [0.15, 0.2) is 5.89 Å². The Morgan fingerprint density at radius 2 is 2.03 bits per heavy atom. The van der Waals surface area contributed by atoms with Gasteiger partial charge >= 0.3 is 0 Å². The Morgan fingerprint density at radius 1 is 1.16 bits per heavy atom. The Kier molecular flexibility index (Phi) is 5.81. The maximum Gasteiger partial charge on any atom is 0.256 e. The van der Waals surface area contributed by atoms with Crippen molar-refractivity contribution in [1.29, 1.82) is 0 Å². The first kappa shape index (κ1) is 20.6. The van der Waals surface area contributed by atoms with Gasteiger partial charge in [0, 0.05) is 25.7 Å². The fourth-order valence-electron chi connectivity index (χ4n) is 4.21. The molecule has 1 saturated heterocycles. The van der Waals surface area contributed by atoms with Crippen molar-refractivity contribution in [2.75, 3.05) is 13.1 Å². The summed E-state index contributed by atoms with van der Waals surface area (Å²) >= 11 is 1.51. The summed E-state index contributed by atoms with van der Waals surface area (Å²) < 4.78 is 6.09. The SMILES string of the molecule is Cc1ncsc1-c1ncccc1C(=O)N1CCCC(c2ncc(Cc3ccccc3)o2)C1. The number of piperidine rings is 1. The lowest BCUT2D eigenvalue weighted by Gasteiger charge is -2.31. The Labute approximate surface area is 191 Å². The molecule has 5 rings (SSSR count). The number of aryl methyl sites for hydroxylation is 1. The number of nitrogens with zero attached hydrogens (tertiary/aromatic N) is 4. The van der Waals surface area contributed by atoms with Crippen molar-refractivity contribution < 1.29 is 9.21 Å². The summed E-state index contributed by atoms with van der Waals surface area (Å²) in [5, 5.41) is 0. The molecule has 6 nitrogen and oxygen atoms in total. The van der Waals surface area contributed by atoms with Crippen molar-refractivity contribution in [3.05, 3.63) is 88.8 Å². The van der Waals surface area contributed by atoms with Crippen LogP contribution in [0, 0.1) is 6.92 Å². The number of pyridine rings is 1. The highest BCUT2D eigenvalue weighted by atomic mass is 32.1. The maximum absolute atomic E-state index is 13.5. The molecule has 1 aromatic carbocycles. The number of rotatable bonds is 5. The zero-order valence-electron chi connectivity index (χ0n) is 17.9. The Morgan fingerprint density at radius 3 is 2.84 bits per heavy atom. The predicted molar refractivity (Wildman–Crippen MR) is 124 cm³/mol. The lowest BCUT2D eigenvalue weighted by molar-refractivity contribution is 0.0698. The summed E-state index contributed by atoms with van der Waals surface area (Å²) in [4.78, 5) is 29.7. The van der Waals surface area contributed by atoms with Crippen LogP contribution in [0.3, 0.4) is 0 Å². The third-order valence-corrected chi connectivity index (χ3v) is 6.78. The first-order valence-electron chi connectivity index (χ1n) is 10.8. The predicted octanol–water partition coefficient (Wildman–Crippen LogP) is 5.11. The second-order valence-electron chi connectivity index (χ2n) is 8.08. The zero-order valence-corrected chi connectivity index (χ0v) is 18.7. The van der Waals surface area contributed by atoms with Crippen LogP contribution in [0.2, 0.25) is 0 Å². The number of hydrogen-bond donors (Lipinski definition) is 0. The van der Waals surface area contributed by atoms with Gasteiger partial charge in [-0.3, -0.25) is 9.78 Å². The second kappa shape index (κ2) is 9.04. The molecule has 7 heteroatoms. The van der Waals surface area contributed by atoms with E-state index in [-0.39, 0.29) is 11.8 Å². The van der Waals surface area contributed by atoms with Crippen LogP contribution >= 0.6 is 11.3 Å². The highest BCUT2D eigenvalue weighted by Crippen LogP contribution is 2.32. The minimum absolute atomic E-state index is 0.00154. The fourth-order valence-corrected chi connectivity index (χ4v) is 5.03. The van der Waals surface area contributed by atoms with Crippen LogP contribution in [-0.4, -0.2) is 38.8 Å². The molecule has 1 atom stereocenters. The summed E-state index contributed by atoms with van der Waals surface area (Å²) in [6.45, 7) is 3.27. The molecular weight excluding hydrogens is 420 g/mol. The van der Waals surface area contributed by atoms with E-state index in [2.05, 4.69) is 27.1 Å². The highest BCUT2D eigenvalue weighted by Gasteiger charge is 2.30. The lowest BCUT2D eigenvalue weighted by atomic mass is 9.97. The summed E-state index contributed by atoms with van der Waals surface area (Å²) in [5.41, 5.74) is 5.21. The third-order valence-electron chi connectivity index (χ3n) is 5.85. The molecule has 1 aliphatic heterocycles. The molecular formula is C25H24N4O2S. The van der Waals surface area contributed by atoms with Crippen LogP contribution < -0.4 is 0 Å². The third kappa shape index (κ3) is 4.21. The summed E-state index contributed by atoms with van der Waals surface area (Å²) in [5.74, 6) is 1.67. The van der Waals surface area contributed by atoms with Crippen LogP contribution in [-0.2, 0) is 6.42 Å². The first-order valence-corrected chi connectivity index (χ1v) is 11.7. The molecule has 32 heavy (non-hydrogen) atoms. The van der Waals surface area contributed by atoms with Crippen molar-refractivity contribution in [3.8, 4) is 10.6 Å². The molecule has 3 aromatic heterocycles. The largest absolute Gasteiger partial charge is 0.445 e. The van der Waals surface area contributed by atoms with E-state index >= 15 is 0 Å². The van der Waals surface area contributed by atoms with Gasteiger partial charge in [-0.15, -0.1) is 11.3 Å². The first-order chi connectivity index (χ1) is 15.7. The van der Waals surface area contributed by atoms with Gasteiger partial charge in [0.2, 0.25) is 0 Å². The zero-order chi connectivity index (χ0) is 21.9. The molecule has 4 heterocycles. The normalized spacial score (nSPS) is 16.3. The summed E-state index contributed by atoms with van der Waals surface area (Å²) in [6, 6.07) is 13.9. The number of carbonyl (C=O) groups excluding carboxylic acids is 1. The molecule has 0 N–H and O–H groups in total. The van der Waals surface area contributed by atoms with E-state index in [1.54, 1.807) is 11.7 Å². The van der Waals surface area contributed by atoms with Gasteiger partial charge in [-0.25, -0.2) is 9.97 Å². The van der Waals surface area contributed by atoms with Crippen molar-refractivity contribution in [2.45, 2.75) is 32.1 Å². The molecule has 1 amide bonds. The molecule has 0 saturated carbocycles. The standard InChI is InChI=1S/C25H24N4O2S/c1-17-23(32-16-28-17)22-21(10-5-11-26-22)25(30)29-12-6-9-19(15-29)24-27-14-20(31-24)13-18-7-3-2-4-8-18/h2-5,7-8,10-11,14,16,19H,6,9,12-13,15H2,1H3. The lowest BCUT2D eigenvalue weighted by Crippen LogP contribution is -2.39. The molecule has 0 spiro atoms. The van der Waals surface area contributed by atoms with Crippen molar-refractivity contribution in [1.82, 2.24) is 19.9 Å². The Balaban J connectivity index is 1.33. The Hall–Kier alpha value is -3.32. The van der Waals surface area contributed by atoms with Gasteiger partial charge in [-0.1, -0.05) is 30.3 Å². The van der Waals surface area contributed by atoms with Gasteiger partial charge in [-0.05, 0) is 37.5 Å². The van der Waals surface area contributed by atoms with Crippen LogP contribution in [0.1, 0.15) is 52.0 Å². The van der Waals surface area contributed by atoms with Crippen LogP contribution in [0.4, 0.5) is 0 Å². The molecule has 0 aliphatic carbocycles. The van der Waals surface area contributed by atoms with Gasteiger partial charge < -0.3 is 9.32 Å². The van der Waals surface area contributed by atoms with Crippen LogP contribution in [0.5, 0.6) is 0 Å². The minimum Gasteiger partial charge on any atom is -0.445 e. The molecule has 0 bridgehead atoms. The van der Waals surface area contributed by atoms with Crippen molar-refractivity contribution in [3.63, 3.8) is 0 Å². The number of carbonyl (C=O) groups is 1. The molecule has 0 radical (unpaired) electrons. The maximum atomic E-state index is 13.5. The average molecular weight is 445 g/mol. The number of hydrogen-bond acceptors (Lipinski definition) is 6. The van der Waals surface area contributed by atoms with E-state index in [4.69, 9.17) is 4.42 Å². The van der Waals surface area contributed by atoms with Crippen LogP contribution in [0.15, 0.2) is 64.8 Å². The van der Waals surface area contributed by atoms with Gasteiger partial charge in [0.05, 0.1) is 39.5 Å². The number of benzene rings is 1. The highest BCUT2D eigenvalue weighted by molar-refractivity contribution is 7.13. The number of thiazole rings is 1. The van der Waals surface area contributed by atoms with E-state index < -0.39 is 0 Å². The number of likely N-dealkylation sites (tertiary alicyclic amines) is 1. The van der Waals surface area contributed by atoms with E-state index in [0.29, 0.717) is 17.8 Å². The second-order valence-corrected chi connectivity index (χ2v) is 8.94. The molecule has 162 valence electrons. The topological polar surface area (TPSA) is 72.1 Å². The molecule has 4 aromatic rings. The van der Waals surface area contributed by atoms with Gasteiger partial charge in [0.25, 0.3) is 5.91 Å². The summed E-state index contributed by atoms with van der Waals surface area (Å²) in [7, 11) is 0. The van der Waals surface area contributed by atoms with E-state index in [1.165, 1.54) is 16.9 Å². The Bertz CT molecular complexity index is 1220. The van der Waals surface area contributed by atoms with Gasteiger partial charge in [-0.2, -0.15) is 0 Å². The number of amides is 1. The summed E-state index contributed by atoms with van der Waals surface area (Å²) in [6.07, 6.45) is 6.14. The average Bonchev–Trinajstić information content (AvgIpc) is 3.48. The van der Waals surface area contributed by atoms with Crippen molar-refractivity contribution in [2.24, 2.45) is 0 Å². The minimum atomic E-state index is 0.00154. The smallest absolute Gasteiger partial charge is 0.256 e. The van der Waals surface area contributed by atoms with Crippen molar-refractivity contribution >= 4 is 17.2 Å². The van der Waals surface area contributed by atoms with E-state index in [9.17, 15) is 4.79 Å². The molecule has 1 aliphatic rings. The van der Waals surface area contributed by atoms with Gasteiger partial charge in [0.1, 0.15) is 5.76 Å². The van der Waals surface area contributed by atoms with Crippen LogP contribution in [0.25, 0.3) is 10.6 Å².